The second-order valence-corrected chi connectivity index (χ2v) is 5.20. The van der Waals surface area contributed by atoms with Gasteiger partial charge in [0.2, 0.25) is 0 Å². The molecule has 8 heteroatoms. The van der Waals surface area contributed by atoms with Crippen LogP contribution in [0.4, 0.5) is 5.69 Å². The van der Waals surface area contributed by atoms with Gasteiger partial charge in [-0.05, 0) is 30.3 Å². The van der Waals surface area contributed by atoms with E-state index >= 15 is 0 Å². The van der Waals surface area contributed by atoms with E-state index in [4.69, 9.17) is 10.00 Å². The number of carbonyl (C=O) groups excluding carboxylic acids is 2. The highest BCUT2D eigenvalue weighted by Gasteiger charge is 2.40. The Morgan fingerprint density at radius 3 is 2.48 bits per heavy atom. The van der Waals surface area contributed by atoms with Crippen molar-refractivity contribution in [1.29, 1.82) is 5.26 Å². The highest BCUT2D eigenvalue weighted by molar-refractivity contribution is 6.23. The normalized spacial score (nSPS) is 12.7. The fraction of sp³-hybridized carbons (Fsp3) is 0.118. The Morgan fingerprint density at radius 2 is 1.84 bits per heavy atom. The third kappa shape index (κ3) is 2.90. The van der Waals surface area contributed by atoms with Crippen molar-refractivity contribution < 1.29 is 19.2 Å². The Kier molecular flexibility index (Phi) is 4.14. The van der Waals surface area contributed by atoms with Gasteiger partial charge in [0.15, 0.2) is 0 Å². The summed E-state index contributed by atoms with van der Waals surface area (Å²) in [6.45, 7) is -0.00529. The third-order valence-corrected chi connectivity index (χ3v) is 3.74. The first-order valence-corrected chi connectivity index (χ1v) is 7.29. The highest BCUT2D eigenvalue weighted by atomic mass is 16.6. The molecule has 0 fully saturated rings. The van der Waals surface area contributed by atoms with Gasteiger partial charge >= 0.3 is 0 Å². The van der Waals surface area contributed by atoms with Gasteiger partial charge in [0.05, 0.1) is 28.7 Å². The molecule has 2 aromatic carbocycles. The van der Waals surface area contributed by atoms with Crippen LogP contribution >= 0.6 is 0 Å². The molecule has 1 heterocycles. The van der Waals surface area contributed by atoms with Crippen LogP contribution in [0.1, 0.15) is 26.3 Å². The van der Waals surface area contributed by atoms with Crippen LogP contribution in [0, 0.1) is 21.4 Å². The smallest absolute Gasteiger partial charge is 0.282 e. The standard InChI is InChI=1S/C17H11N3O5/c18-10-11-4-6-12(7-5-11)25-9-8-19-16(21)13-2-1-3-14(20(23)24)15(13)17(19)22/h1-7H,8-9H2. The van der Waals surface area contributed by atoms with Crippen LogP contribution in [-0.4, -0.2) is 34.8 Å². The van der Waals surface area contributed by atoms with Gasteiger partial charge in [-0.25, -0.2) is 0 Å². The predicted octanol–water partition coefficient (Wildman–Crippen LogP) is 2.14. The maximum absolute atomic E-state index is 12.4. The van der Waals surface area contributed by atoms with Crippen molar-refractivity contribution in [3.63, 3.8) is 0 Å². The second kappa shape index (κ2) is 6.41. The SMILES string of the molecule is N#Cc1ccc(OCCN2C(=O)c3cccc([N+](=O)[O-])c3C2=O)cc1. The largest absolute Gasteiger partial charge is 0.492 e. The van der Waals surface area contributed by atoms with Crippen molar-refractivity contribution in [2.24, 2.45) is 0 Å². The van der Waals surface area contributed by atoms with Crippen LogP contribution < -0.4 is 4.74 Å². The molecular weight excluding hydrogens is 326 g/mol. The molecule has 0 radical (unpaired) electrons. The molecule has 0 saturated heterocycles. The number of nitrogens with zero attached hydrogens (tertiary/aromatic N) is 3. The van der Waals surface area contributed by atoms with Gasteiger partial charge in [-0.2, -0.15) is 5.26 Å². The number of rotatable bonds is 5. The van der Waals surface area contributed by atoms with E-state index in [1.165, 1.54) is 18.2 Å². The lowest BCUT2D eigenvalue weighted by molar-refractivity contribution is -0.385. The Hall–Kier alpha value is -3.73. The van der Waals surface area contributed by atoms with Crippen LogP contribution in [0.2, 0.25) is 0 Å². The number of ether oxygens (including phenoxy) is 1. The van der Waals surface area contributed by atoms with Gasteiger partial charge in [0, 0.05) is 6.07 Å². The number of hydrogen-bond acceptors (Lipinski definition) is 6. The first-order valence-electron chi connectivity index (χ1n) is 7.29. The number of hydrogen-bond donors (Lipinski definition) is 0. The lowest BCUT2D eigenvalue weighted by Gasteiger charge is -2.14. The van der Waals surface area contributed by atoms with Crippen molar-refractivity contribution >= 4 is 17.5 Å². The van der Waals surface area contributed by atoms with Crippen LogP contribution in [0.5, 0.6) is 5.75 Å². The van der Waals surface area contributed by atoms with Crippen molar-refractivity contribution in [3.8, 4) is 11.8 Å². The summed E-state index contributed by atoms with van der Waals surface area (Å²) in [7, 11) is 0. The van der Waals surface area contributed by atoms with E-state index in [1.54, 1.807) is 24.3 Å². The summed E-state index contributed by atoms with van der Waals surface area (Å²) >= 11 is 0. The number of carbonyl (C=O) groups is 2. The van der Waals surface area contributed by atoms with Gasteiger partial charge in [-0.3, -0.25) is 24.6 Å². The van der Waals surface area contributed by atoms with Gasteiger partial charge in [-0.1, -0.05) is 6.07 Å². The van der Waals surface area contributed by atoms with E-state index in [2.05, 4.69) is 0 Å². The van der Waals surface area contributed by atoms with Gasteiger partial charge in [-0.15, -0.1) is 0 Å². The molecule has 0 saturated carbocycles. The fourth-order valence-electron chi connectivity index (χ4n) is 2.55. The van der Waals surface area contributed by atoms with Crippen LogP contribution in [0.25, 0.3) is 0 Å². The molecule has 2 aromatic rings. The Balaban J connectivity index is 1.71. The van der Waals surface area contributed by atoms with E-state index in [0.717, 1.165) is 4.90 Å². The molecule has 0 bridgehead atoms. The second-order valence-electron chi connectivity index (χ2n) is 5.20. The maximum Gasteiger partial charge on any atom is 0.282 e. The number of imide groups is 1. The molecule has 124 valence electrons. The molecule has 0 aliphatic carbocycles. The molecular formula is C17H11N3O5. The van der Waals surface area contributed by atoms with Crippen LogP contribution in [0.15, 0.2) is 42.5 Å². The minimum atomic E-state index is -0.698. The number of nitro groups is 1. The van der Waals surface area contributed by atoms with Crippen molar-refractivity contribution in [3.05, 3.63) is 69.3 Å². The van der Waals surface area contributed by atoms with Crippen molar-refractivity contribution in [1.82, 2.24) is 4.90 Å². The summed E-state index contributed by atoms with van der Waals surface area (Å²) < 4.78 is 5.45. The number of amides is 2. The molecule has 0 unspecified atom stereocenters. The quantitative estimate of drug-likeness (QED) is 0.469. The first-order chi connectivity index (χ1) is 12.0. The molecule has 0 atom stereocenters. The molecule has 0 aromatic heterocycles. The highest BCUT2D eigenvalue weighted by Crippen LogP contribution is 2.30. The zero-order valence-electron chi connectivity index (χ0n) is 12.8. The maximum atomic E-state index is 12.4. The zero-order valence-corrected chi connectivity index (χ0v) is 12.8. The molecule has 2 amide bonds. The molecule has 0 spiro atoms. The lowest BCUT2D eigenvalue weighted by Crippen LogP contribution is -2.33. The van der Waals surface area contributed by atoms with E-state index in [0.29, 0.717) is 11.3 Å². The lowest BCUT2D eigenvalue weighted by atomic mass is 10.1. The minimum absolute atomic E-state index is 0.0255. The molecule has 0 N–H and O–H groups in total. The van der Waals surface area contributed by atoms with Gasteiger partial charge in [0.25, 0.3) is 17.5 Å². The van der Waals surface area contributed by atoms with Gasteiger partial charge in [0.1, 0.15) is 17.9 Å². The van der Waals surface area contributed by atoms with Crippen molar-refractivity contribution in [2.75, 3.05) is 13.2 Å². The van der Waals surface area contributed by atoms with Gasteiger partial charge < -0.3 is 4.74 Å². The third-order valence-electron chi connectivity index (χ3n) is 3.74. The number of fused-ring (bicyclic) bond motifs is 1. The summed E-state index contributed by atoms with van der Waals surface area (Å²) in [5, 5.41) is 19.8. The molecule has 8 nitrogen and oxygen atoms in total. The monoisotopic (exact) mass is 337 g/mol. The first kappa shape index (κ1) is 16.1. The summed E-state index contributed by atoms with van der Waals surface area (Å²) in [6.07, 6.45) is 0. The molecule has 1 aliphatic rings. The Labute approximate surface area is 142 Å². The number of nitro benzene ring substituents is 1. The van der Waals surface area contributed by atoms with Crippen LogP contribution in [-0.2, 0) is 0 Å². The predicted molar refractivity (Wildman–Crippen MR) is 85.1 cm³/mol. The summed E-state index contributed by atoms with van der Waals surface area (Å²) in [5.41, 5.74) is -0.0557. The topological polar surface area (TPSA) is 114 Å². The molecule has 25 heavy (non-hydrogen) atoms. The zero-order chi connectivity index (χ0) is 18.0. The average Bonchev–Trinajstić information content (AvgIpc) is 2.87. The van der Waals surface area contributed by atoms with E-state index in [1.807, 2.05) is 6.07 Å². The van der Waals surface area contributed by atoms with Crippen molar-refractivity contribution in [2.45, 2.75) is 0 Å². The van der Waals surface area contributed by atoms with E-state index in [-0.39, 0.29) is 30.0 Å². The molecule has 1 aliphatic heterocycles. The number of benzene rings is 2. The molecule has 3 rings (SSSR count). The minimum Gasteiger partial charge on any atom is -0.492 e. The Bertz CT molecular complexity index is 915. The summed E-state index contributed by atoms with van der Waals surface area (Å²) in [6, 6.07) is 12.3. The van der Waals surface area contributed by atoms with Crippen LogP contribution in [0.3, 0.4) is 0 Å². The summed E-state index contributed by atoms with van der Waals surface area (Å²) in [4.78, 5) is 36.0. The number of nitriles is 1. The van der Waals surface area contributed by atoms with E-state index < -0.39 is 16.7 Å². The Morgan fingerprint density at radius 1 is 1.12 bits per heavy atom. The van der Waals surface area contributed by atoms with E-state index in [9.17, 15) is 19.7 Å². The fourth-order valence-corrected chi connectivity index (χ4v) is 2.55. The summed E-state index contributed by atoms with van der Waals surface area (Å²) in [5.74, 6) is -0.788. The average molecular weight is 337 g/mol.